The van der Waals surface area contributed by atoms with E-state index in [2.05, 4.69) is 28.7 Å². The third-order valence-corrected chi connectivity index (χ3v) is 4.67. The van der Waals surface area contributed by atoms with Crippen LogP contribution in [0.2, 0.25) is 0 Å². The highest BCUT2D eigenvalue weighted by Gasteiger charge is 2.24. The minimum Gasteiger partial charge on any atom is -0.299 e. The van der Waals surface area contributed by atoms with E-state index in [-0.39, 0.29) is 5.56 Å². The summed E-state index contributed by atoms with van der Waals surface area (Å²) in [5.41, 5.74) is 0.713. The molecule has 0 aromatic carbocycles. The lowest BCUT2D eigenvalue weighted by atomic mass is 9.98. The molecule has 5 heteroatoms. The molecule has 0 N–H and O–H groups in total. The van der Waals surface area contributed by atoms with Gasteiger partial charge in [0.1, 0.15) is 0 Å². The summed E-state index contributed by atoms with van der Waals surface area (Å²) in [5, 5.41) is 0.654. The molecule has 0 unspecified atom stereocenters. The summed E-state index contributed by atoms with van der Waals surface area (Å²) >= 11 is 0. The summed E-state index contributed by atoms with van der Waals surface area (Å²) in [6.45, 7) is 6.43. The molecule has 1 atom stereocenters. The number of likely N-dealkylation sites (tertiary alicyclic amines) is 1. The first-order valence-corrected chi connectivity index (χ1v) is 8.21. The SMILES string of the molecule is CC(C)N1CCCC[C@@H]1CCn1cnc2cnccc2c1=O. The number of nitrogens with zero attached hydrogens (tertiary/aromatic N) is 4. The number of hydrogen-bond acceptors (Lipinski definition) is 4. The smallest absolute Gasteiger partial charge is 0.261 e. The van der Waals surface area contributed by atoms with Gasteiger partial charge < -0.3 is 0 Å². The molecule has 1 aliphatic heterocycles. The van der Waals surface area contributed by atoms with Gasteiger partial charge in [0.05, 0.1) is 23.4 Å². The molecule has 0 aliphatic carbocycles. The van der Waals surface area contributed by atoms with Crippen molar-refractivity contribution in [3.8, 4) is 0 Å². The Balaban J connectivity index is 1.76. The van der Waals surface area contributed by atoms with E-state index < -0.39 is 0 Å². The van der Waals surface area contributed by atoms with Crippen LogP contribution in [0.4, 0.5) is 0 Å². The van der Waals surface area contributed by atoms with Crippen molar-refractivity contribution in [3.05, 3.63) is 35.1 Å². The first-order chi connectivity index (χ1) is 10.7. The molecule has 3 heterocycles. The zero-order chi connectivity index (χ0) is 15.5. The summed E-state index contributed by atoms with van der Waals surface area (Å²) in [5.74, 6) is 0. The molecular weight excluding hydrogens is 276 g/mol. The summed E-state index contributed by atoms with van der Waals surface area (Å²) in [6.07, 6.45) is 9.78. The van der Waals surface area contributed by atoms with Gasteiger partial charge in [-0.05, 0) is 45.7 Å². The summed E-state index contributed by atoms with van der Waals surface area (Å²) in [6, 6.07) is 2.90. The summed E-state index contributed by atoms with van der Waals surface area (Å²) in [4.78, 5) is 23.4. The Kier molecular flexibility index (Phi) is 4.52. The lowest BCUT2D eigenvalue weighted by Gasteiger charge is -2.38. The molecule has 0 radical (unpaired) electrons. The van der Waals surface area contributed by atoms with Crippen molar-refractivity contribution in [1.29, 1.82) is 0 Å². The van der Waals surface area contributed by atoms with Crippen LogP contribution in [0.5, 0.6) is 0 Å². The molecule has 0 saturated carbocycles. The Hall–Kier alpha value is -1.75. The van der Waals surface area contributed by atoms with Crippen LogP contribution >= 0.6 is 0 Å². The van der Waals surface area contributed by atoms with Crippen LogP contribution < -0.4 is 5.56 Å². The van der Waals surface area contributed by atoms with E-state index in [0.29, 0.717) is 23.0 Å². The fourth-order valence-electron chi connectivity index (χ4n) is 3.47. The van der Waals surface area contributed by atoms with Crippen LogP contribution in [0, 0.1) is 0 Å². The number of pyridine rings is 1. The van der Waals surface area contributed by atoms with Crippen LogP contribution in [0.15, 0.2) is 29.6 Å². The predicted octanol–water partition coefficient (Wildman–Crippen LogP) is 2.44. The third-order valence-electron chi connectivity index (χ3n) is 4.67. The number of piperidine rings is 1. The molecule has 0 bridgehead atoms. The van der Waals surface area contributed by atoms with E-state index in [1.807, 2.05) is 0 Å². The highest BCUT2D eigenvalue weighted by atomic mass is 16.1. The molecule has 2 aromatic heterocycles. The quantitative estimate of drug-likeness (QED) is 0.870. The van der Waals surface area contributed by atoms with Gasteiger partial charge in [0.25, 0.3) is 5.56 Å². The van der Waals surface area contributed by atoms with Gasteiger partial charge in [0.2, 0.25) is 0 Å². The number of aryl methyl sites for hydroxylation is 1. The van der Waals surface area contributed by atoms with Crippen molar-refractivity contribution in [1.82, 2.24) is 19.4 Å². The second-order valence-electron chi connectivity index (χ2n) is 6.41. The normalized spacial score (nSPS) is 19.9. The fraction of sp³-hybridized carbons (Fsp3) is 0.588. The fourth-order valence-corrected chi connectivity index (χ4v) is 3.47. The molecule has 118 valence electrons. The van der Waals surface area contributed by atoms with Gasteiger partial charge in [-0.1, -0.05) is 6.42 Å². The van der Waals surface area contributed by atoms with Crippen LogP contribution in [-0.2, 0) is 6.54 Å². The van der Waals surface area contributed by atoms with Crippen molar-refractivity contribution in [3.63, 3.8) is 0 Å². The maximum Gasteiger partial charge on any atom is 0.261 e. The van der Waals surface area contributed by atoms with E-state index in [9.17, 15) is 4.79 Å². The Morgan fingerprint density at radius 2 is 2.23 bits per heavy atom. The summed E-state index contributed by atoms with van der Waals surface area (Å²) in [7, 11) is 0. The molecule has 1 fully saturated rings. The summed E-state index contributed by atoms with van der Waals surface area (Å²) < 4.78 is 1.75. The molecule has 22 heavy (non-hydrogen) atoms. The van der Waals surface area contributed by atoms with Gasteiger partial charge in [0.15, 0.2) is 0 Å². The van der Waals surface area contributed by atoms with Gasteiger partial charge in [-0.15, -0.1) is 0 Å². The molecule has 1 saturated heterocycles. The van der Waals surface area contributed by atoms with Gasteiger partial charge in [-0.3, -0.25) is 19.2 Å². The minimum absolute atomic E-state index is 0.0410. The van der Waals surface area contributed by atoms with Gasteiger partial charge in [-0.2, -0.15) is 0 Å². The van der Waals surface area contributed by atoms with Gasteiger partial charge in [-0.25, -0.2) is 4.98 Å². The second kappa shape index (κ2) is 6.57. The van der Waals surface area contributed by atoms with Crippen molar-refractivity contribution in [2.75, 3.05) is 6.54 Å². The topological polar surface area (TPSA) is 51.0 Å². The van der Waals surface area contributed by atoms with Crippen molar-refractivity contribution >= 4 is 10.9 Å². The number of aromatic nitrogens is 3. The molecule has 5 nitrogen and oxygen atoms in total. The Morgan fingerprint density at radius 3 is 3.05 bits per heavy atom. The van der Waals surface area contributed by atoms with E-state index in [4.69, 9.17) is 0 Å². The van der Waals surface area contributed by atoms with Crippen molar-refractivity contribution < 1.29 is 0 Å². The zero-order valence-electron chi connectivity index (χ0n) is 13.4. The average Bonchev–Trinajstić information content (AvgIpc) is 2.55. The second-order valence-corrected chi connectivity index (χ2v) is 6.41. The maximum atomic E-state index is 12.5. The molecule has 0 spiro atoms. The largest absolute Gasteiger partial charge is 0.299 e. The van der Waals surface area contributed by atoms with E-state index in [1.165, 1.54) is 25.8 Å². The lowest BCUT2D eigenvalue weighted by molar-refractivity contribution is 0.102. The van der Waals surface area contributed by atoms with Gasteiger partial charge in [0, 0.05) is 24.8 Å². The minimum atomic E-state index is 0.0410. The molecule has 3 rings (SSSR count). The third kappa shape index (κ3) is 3.04. The first-order valence-electron chi connectivity index (χ1n) is 8.21. The number of rotatable bonds is 4. The Labute approximate surface area is 131 Å². The van der Waals surface area contributed by atoms with E-state index >= 15 is 0 Å². The molecular formula is C17H24N4O. The van der Waals surface area contributed by atoms with Crippen LogP contribution in [0.1, 0.15) is 39.5 Å². The van der Waals surface area contributed by atoms with Gasteiger partial charge >= 0.3 is 0 Å². The van der Waals surface area contributed by atoms with E-state index in [1.54, 1.807) is 29.4 Å². The van der Waals surface area contributed by atoms with Crippen molar-refractivity contribution in [2.24, 2.45) is 0 Å². The zero-order valence-corrected chi connectivity index (χ0v) is 13.4. The molecule has 1 aliphatic rings. The van der Waals surface area contributed by atoms with E-state index in [0.717, 1.165) is 13.0 Å². The highest BCUT2D eigenvalue weighted by molar-refractivity contribution is 5.75. The predicted molar refractivity (Wildman–Crippen MR) is 87.9 cm³/mol. The monoisotopic (exact) mass is 300 g/mol. The Bertz CT molecular complexity index is 694. The average molecular weight is 300 g/mol. The highest BCUT2D eigenvalue weighted by Crippen LogP contribution is 2.22. The van der Waals surface area contributed by atoms with Crippen LogP contribution in [0.25, 0.3) is 10.9 Å². The first kappa shape index (κ1) is 15.2. The molecule has 0 amide bonds. The standard InChI is InChI=1S/C17H24N4O/c1-13(2)21-9-4-3-5-14(21)7-10-20-12-19-16-11-18-8-6-15(16)17(20)22/h6,8,11-14H,3-5,7,9-10H2,1-2H3/t14-/m1/s1. The molecule has 2 aromatic rings. The van der Waals surface area contributed by atoms with Crippen LogP contribution in [-0.4, -0.2) is 38.1 Å². The maximum absolute atomic E-state index is 12.5. The number of hydrogen-bond donors (Lipinski definition) is 0. The number of fused-ring (bicyclic) bond motifs is 1. The van der Waals surface area contributed by atoms with Crippen LogP contribution in [0.3, 0.4) is 0 Å². The lowest BCUT2D eigenvalue weighted by Crippen LogP contribution is -2.44. The Morgan fingerprint density at radius 1 is 1.36 bits per heavy atom. The van der Waals surface area contributed by atoms with Crippen molar-refractivity contribution in [2.45, 2.75) is 58.2 Å².